The highest BCUT2D eigenvalue weighted by Crippen LogP contribution is 2.30. The number of carbonyl (C=O) groups is 1. The van der Waals surface area contributed by atoms with Crippen molar-refractivity contribution in [1.82, 2.24) is 0 Å². The molecule has 1 unspecified atom stereocenters. The number of hydrogen-bond acceptors (Lipinski definition) is 3. The van der Waals surface area contributed by atoms with Crippen molar-refractivity contribution in [2.75, 3.05) is 11.9 Å². The molecule has 1 aromatic carbocycles. The number of anilines is 1. The molecule has 0 amide bonds. The second-order valence-corrected chi connectivity index (χ2v) is 6.00. The molecule has 0 radical (unpaired) electrons. The van der Waals surface area contributed by atoms with Crippen LogP contribution in [0.5, 0.6) is 0 Å². The minimum atomic E-state index is -0.930. The van der Waals surface area contributed by atoms with Gasteiger partial charge in [-0.2, -0.15) is 0 Å². The molecular weight excluding hydrogens is 282 g/mol. The zero-order valence-corrected chi connectivity index (χ0v) is 13.2. The fourth-order valence-corrected chi connectivity index (χ4v) is 3.10. The van der Waals surface area contributed by atoms with E-state index < -0.39 is 5.97 Å². The van der Waals surface area contributed by atoms with Gasteiger partial charge in [0.15, 0.2) is 0 Å². The van der Waals surface area contributed by atoms with Gasteiger partial charge in [0.25, 0.3) is 0 Å². The first kappa shape index (κ1) is 15.3. The van der Waals surface area contributed by atoms with Gasteiger partial charge in [-0.05, 0) is 54.6 Å². The zero-order chi connectivity index (χ0) is 15.4. The lowest BCUT2D eigenvalue weighted by Gasteiger charge is -2.28. The SMILES string of the molecule is Cc1cc(C=CC(=O)O)ccc1N(C)C(C)c1cccs1. The smallest absolute Gasteiger partial charge is 0.328 e. The highest BCUT2D eigenvalue weighted by Gasteiger charge is 2.14. The summed E-state index contributed by atoms with van der Waals surface area (Å²) in [6.07, 6.45) is 2.77. The normalized spacial score (nSPS) is 12.5. The Bertz CT molecular complexity index is 647. The summed E-state index contributed by atoms with van der Waals surface area (Å²) in [5.41, 5.74) is 3.19. The molecule has 0 bridgehead atoms. The number of nitrogens with zero attached hydrogens (tertiary/aromatic N) is 1. The van der Waals surface area contributed by atoms with E-state index in [9.17, 15) is 4.79 Å². The summed E-state index contributed by atoms with van der Waals surface area (Å²) in [6.45, 7) is 4.23. The lowest BCUT2D eigenvalue weighted by Crippen LogP contribution is -2.21. The summed E-state index contributed by atoms with van der Waals surface area (Å²) in [7, 11) is 2.08. The van der Waals surface area contributed by atoms with E-state index in [1.807, 2.05) is 25.1 Å². The maximum Gasteiger partial charge on any atom is 0.328 e. The first-order valence-electron chi connectivity index (χ1n) is 6.77. The number of rotatable bonds is 5. The van der Waals surface area contributed by atoms with E-state index in [1.54, 1.807) is 17.4 Å². The van der Waals surface area contributed by atoms with E-state index in [0.29, 0.717) is 6.04 Å². The Hall–Kier alpha value is -2.07. The predicted molar refractivity (Wildman–Crippen MR) is 89.0 cm³/mol. The largest absolute Gasteiger partial charge is 0.478 e. The fourth-order valence-electron chi connectivity index (χ4n) is 2.27. The van der Waals surface area contributed by atoms with Crippen LogP contribution in [0.15, 0.2) is 41.8 Å². The predicted octanol–water partition coefficient (Wildman–Crippen LogP) is 4.35. The Morgan fingerprint density at radius 3 is 2.71 bits per heavy atom. The lowest BCUT2D eigenvalue weighted by atomic mass is 10.1. The van der Waals surface area contributed by atoms with E-state index >= 15 is 0 Å². The number of aliphatic carboxylic acids is 1. The molecule has 21 heavy (non-hydrogen) atoms. The van der Waals surface area contributed by atoms with Gasteiger partial charge in [0.2, 0.25) is 0 Å². The molecule has 1 aromatic heterocycles. The molecule has 0 aliphatic rings. The molecule has 0 fully saturated rings. The zero-order valence-electron chi connectivity index (χ0n) is 12.4. The van der Waals surface area contributed by atoms with Crippen LogP contribution in [0.1, 0.15) is 29.0 Å². The first-order chi connectivity index (χ1) is 9.99. The maximum absolute atomic E-state index is 10.6. The van der Waals surface area contributed by atoms with Gasteiger partial charge in [0.05, 0.1) is 6.04 Å². The fraction of sp³-hybridized carbons (Fsp3) is 0.235. The van der Waals surface area contributed by atoms with Crippen LogP contribution in [0.3, 0.4) is 0 Å². The van der Waals surface area contributed by atoms with Crippen LogP contribution < -0.4 is 4.90 Å². The molecule has 0 aliphatic carbocycles. The Labute approximate surface area is 129 Å². The Kier molecular flexibility index (Phi) is 4.81. The van der Waals surface area contributed by atoms with Crippen LogP contribution in [-0.2, 0) is 4.79 Å². The van der Waals surface area contributed by atoms with E-state index in [0.717, 1.165) is 22.9 Å². The molecule has 1 heterocycles. The molecule has 2 rings (SSSR count). The van der Waals surface area contributed by atoms with Gasteiger partial charge in [0, 0.05) is 23.7 Å². The van der Waals surface area contributed by atoms with E-state index in [-0.39, 0.29) is 0 Å². The van der Waals surface area contributed by atoms with Crippen molar-refractivity contribution in [2.24, 2.45) is 0 Å². The van der Waals surface area contributed by atoms with Crippen LogP contribution in [-0.4, -0.2) is 18.1 Å². The Morgan fingerprint density at radius 1 is 1.38 bits per heavy atom. The van der Waals surface area contributed by atoms with Gasteiger partial charge >= 0.3 is 5.97 Å². The minimum Gasteiger partial charge on any atom is -0.478 e. The third-order valence-corrected chi connectivity index (χ3v) is 4.60. The van der Waals surface area contributed by atoms with Crippen LogP contribution >= 0.6 is 11.3 Å². The molecule has 3 nitrogen and oxygen atoms in total. The molecule has 0 saturated carbocycles. The van der Waals surface area contributed by atoms with Gasteiger partial charge in [-0.3, -0.25) is 0 Å². The minimum absolute atomic E-state index is 0.309. The topological polar surface area (TPSA) is 40.5 Å². The quantitative estimate of drug-likeness (QED) is 0.835. The molecule has 110 valence electrons. The molecular formula is C17H19NO2S. The van der Waals surface area contributed by atoms with Gasteiger partial charge in [-0.15, -0.1) is 11.3 Å². The molecule has 1 atom stereocenters. The molecule has 0 aliphatic heterocycles. The molecule has 1 N–H and O–H groups in total. The van der Waals surface area contributed by atoms with Gasteiger partial charge in [-0.25, -0.2) is 4.79 Å². The number of aryl methyl sites for hydroxylation is 1. The average Bonchev–Trinajstić information content (AvgIpc) is 2.98. The molecule has 2 aromatic rings. The third-order valence-electron chi connectivity index (χ3n) is 3.56. The summed E-state index contributed by atoms with van der Waals surface area (Å²) in [6, 6.07) is 10.5. The second kappa shape index (κ2) is 6.59. The second-order valence-electron chi connectivity index (χ2n) is 5.02. The van der Waals surface area contributed by atoms with Crippen molar-refractivity contribution in [2.45, 2.75) is 19.9 Å². The molecule has 4 heteroatoms. The number of benzene rings is 1. The van der Waals surface area contributed by atoms with Crippen LogP contribution in [0.4, 0.5) is 5.69 Å². The summed E-state index contributed by atoms with van der Waals surface area (Å²) in [5, 5.41) is 10.8. The maximum atomic E-state index is 10.6. The van der Waals surface area contributed by atoms with E-state index in [1.165, 1.54) is 4.88 Å². The molecule has 0 spiro atoms. The van der Waals surface area contributed by atoms with Crippen molar-refractivity contribution in [1.29, 1.82) is 0 Å². The summed E-state index contributed by atoms with van der Waals surface area (Å²) in [5.74, 6) is -0.930. The number of thiophene rings is 1. The van der Waals surface area contributed by atoms with Crippen molar-refractivity contribution in [3.8, 4) is 0 Å². The monoisotopic (exact) mass is 301 g/mol. The standard InChI is InChI=1S/C17H19NO2S/c1-12-11-14(7-9-17(19)20)6-8-15(12)18(3)13(2)16-5-4-10-21-16/h4-11,13H,1-3H3,(H,19,20). The average molecular weight is 301 g/mol. The highest BCUT2D eigenvalue weighted by molar-refractivity contribution is 7.10. The summed E-state index contributed by atoms with van der Waals surface area (Å²) < 4.78 is 0. The van der Waals surface area contributed by atoms with Gasteiger partial charge < -0.3 is 10.0 Å². The van der Waals surface area contributed by atoms with Crippen LogP contribution in [0, 0.1) is 6.92 Å². The van der Waals surface area contributed by atoms with Crippen molar-refractivity contribution < 1.29 is 9.90 Å². The highest BCUT2D eigenvalue weighted by atomic mass is 32.1. The van der Waals surface area contributed by atoms with Crippen LogP contribution in [0.25, 0.3) is 6.08 Å². The van der Waals surface area contributed by atoms with Crippen molar-refractivity contribution in [3.05, 3.63) is 57.8 Å². The number of carboxylic acids is 1. The van der Waals surface area contributed by atoms with Crippen molar-refractivity contribution in [3.63, 3.8) is 0 Å². The lowest BCUT2D eigenvalue weighted by molar-refractivity contribution is -0.131. The van der Waals surface area contributed by atoms with E-state index in [4.69, 9.17) is 5.11 Å². The summed E-state index contributed by atoms with van der Waals surface area (Å²) in [4.78, 5) is 14.1. The molecule has 0 saturated heterocycles. The van der Waals surface area contributed by atoms with E-state index in [2.05, 4.69) is 36.4 Å². The van der Waals surface area contributed by atoms with Crippen LogP contribution in [0.2, 0.25) is 0 Å². The van der Waals surface area contributed by atoms with Crippen molar-refractivity contribution >= 4 is 29.1 Å². The van der Waals surface area contributed by atoms with Gasteiger partial charge in [0.1, 0.15) is 0 Å². The van der Waals surface area contributed by atoms with Gasteiger partial charge in [-0.1, -0.05) is 12.1 Å². The Balaban J connectivity index is 2.22. The summed E-state index contributed by atoms with van der Waals surface area (Å²) >= 11 is 1.76. The Morgan fingerprint density at radius 2 is 2.14 bits per heavy atom. The number of carboxylic acid groups (broad SMARTS) is 1. The number of hydrogen-bond donors (Lipinski definition) is 1. The third kappa shape index (κ3) is 3.73. The first-order valence-corrected chi connectivity index (χ1v) is 7.65.